The van der Waals surface area contributed by atoms with Gasteiger partial charge in [0.1, 0.15) is 16.8 Å². The molecule has 1 aromatic heterocycles. The summed E-state index contributed by atoms with van der Waals surface area (Å²) in [6.45, 7) is 0.980. The third kappa shape index (κ3) is 6.89. The summed E-state index contributed by atoms with van der Waals surface area (Å²) in [6, 6.07) is 25.6. The fourth-order valence-electron chi connectivity index (χ4n) is 6.97. The molecular formula is C37H36F3N3O3S. The normalized spacial score (nSPS) is 15.9. The molecule has 0 saturated carbocycles. The summed E-state index contributed by atoms with van der Waals surface area (Å²) in [6.07, 6.45) is -1.16. The molecule has 6 nitrogen and oxygen atoms in total. The third-order valence-corrected chi connectivity index (χ3v) is 10.2. The van der Waals surface area contributed by atoms with Crippen molar-refractivity contribution in [2.45, 2.75) is 49.7 Å². The van der Waals surface area contributed by atoms with Crippen molar-refractivity contribution in [1.29, 1.82) is 0 Å². The predicted molar refractivity (Wildman–Crippen MR) is 177 cm³/mol. The molecule has 2 aliphatic rings. The molecule has 0 bridgehead atoms. The quantitative estimate of drug-likeness (QED) is 0.135. The highest BCUT2D eigenvalue weighted by molar-refractivity contribution is 7.12. The molecule has 47 heavy (non-hydrogen) atoms. The van der Waals surface area contributed by atoms with Gasteiger partial charge in [0.05, 0.1) is 0 Å². The standard InChI is InChI=1S/C37H36F3N3O3S/c38-37(39,40)24-41-35(46)36(30-14-6-4-12-27(30)28-13-5-7-15-31(28)36)19-8-9-20-43-21-16-26(17-22-43)42-34(45)33-29(18-23-47-33)32(44)25-10-2-1-3-11-25/h1-7,10-15,18,23,26H,8-9,16-17,19-22,24H2,(H,41,46)(H,42,45). The van der Waals surface area contributed by atoms with E-state index < -0.39 is 24.0 Å². The number of thiophene rings is 1. The Balaban J connectivity index is 1.05. The van der Waals surface area contributed by atoms with Gasteiger partial charge in [-0.2, -0.15) is 13.2 Å². The molecule has 1 fully saturated rings. The molecule has 10 heteroatoms. The van der Waals surface area contributed by atoms with Crippen molar-refractivity contribution in [3.8, 4) is 11.1 Å². The van der Waals surface area contributed by atoms with Crippen LogP contribution < -0.4 is 10.6 Å². The van der Waals surface area contributed by atoms with E-state index >= 15 is 0 Å². The van der Waals surface area contributed by atoms with Crippen LogP contribution in [0.4, 0.5) is 13.2 Å². The van der Waals surface area contributed by atoms with Crippen LogP contribution in [0, 0.1) is 0 Å². The van der Waals surface area contributed by atoms with E-state index in [2.05, 4.69) is 15.5 Å². The maximum Gasteiger partial charge on any atom is 0.405 e. The molecule has 0 radical (unpaired) electrons. The smallest absolute Gasteiger partial charge is 0.348 e. The molecule has 244 valence electrons. The van der Waals surface area contributed by atoms with Gasteiger partial charge in [0.15, 0.2) is 5.78 Å². The Labute approximate surface area is 276 Å². The van der Waals surface area contributed by atoms with Gasteiger partial charge in [-0.1, -0.05) is 85.3 Å². The SMILES string of the molecule is O=C(c1ccccc1)c1ccsc1C(=O)NC1CCN(CCCCC2(C(=O)NCC(F)(F)F)c3ccccc3-c3ccccc32)CC1. The topological polar surface area (TPSA) is 78.5 Å². The van der Waals surface area contributed by atoms with Crippen molar-refractivity contribution in [2.75, 3.05) is 26.2 Å². The van der Waals surface area contributed by atoms with Crippen LogP contribution in [-0.4, -0.2) is 60.9 Å². The molecule has 6 rings (SSSR count). The highest BCUT2D eigenvalue weighted by Crippen LogP contribution is 2.51. The minimum atomic E-state index is -4.51. The predicted octanol–water partition coefficient (Wildman–Crippen LogP) is 6.99. The molecule has 1 aliphatic heterocycles. The number of halogens is 3. The zero-order chi connectivity index (χ0) is 33.0. The van der Waals surface area contributed by atoms with Crippen LogP contribution in [0.2, 0.25) is 0 Å². The van der Waals surface area contributed by atoms with Gasteiger partial charge in [-0.05, 0) is 65.9 Å². The van der Waals surface area contributed by atoms with E-state index in [-0.39, 0.29) is 17.7 Å². The summed E-state index contributed by atoms with van der Waals surface area (Å²) < 4.78 is 39.5. The number of unbranched alkanes of at least 4 members (excludes halogenated alkanes) is 1. The van der Waals surface area contributed by atoms with Crippen LogP contribution in [0.15, 0.2) is 90.3 Å². The molecule has 1 aliphatic carbocycles. The lowest BCUT2D eigenvalue weighted by Crippen LogP contribution is -2.47. The zero-order valence-corrected chi connectivity index (χ0v) is 26.6. The van der Waals surface area contributed by atoms with Crippen LogP contribution in [0.3, 0.4) is 0 Å². The summed E-state index contributed by atoms with van der Waals surface area (Å²) in [5, 5.41) is 7.08. The Kier molecular flexibility index (Phi) is 9.61. The monoisotopic (exact) mass is 659 g/mol. The van der Waals surface area contributed by atoms with Crippen molar-refractivity contribution < 1.29 is 27.6 Å². The Hall–Kier alpha value is -4.28. The summed E-state index contributed by atoms with van der Waals surface area (Å²) >= 11 is 1.26. The minimum Gasteiger partial charge on any atom is -0.348 e. The highest BCUT2D eigenvalue weighted by atomic mass is 32.1. The summed E-state index contributed by atoms with van der Waals surface area (Å²) in [7, 11) is 0. The van der Waals surface area contributed by atoms with Crippen molar-refractivity contribution >= 4 is 28.9 Å². The number of hydrogen-bond acceptors (Lipinski definition) is 5. The van der Waals surface area contributed by atoms with Gasteiger partial charge in [0.25, 0.3) is 5.91 Å². The summed E-state index contributed by atoms with van der Waals surface area (Å²) in [5.41, 5.74) is 3.02. The van der Waals surface area contributed by atoms with Crippen LogP contribution in [0.5, 0.6) is 0 Å². The molecule has 0 atom stereocenters. The fraction of sp³-hybridized carbons (Fsp3) is 0.324. The van der Waals surface area contributed by atoms with E-state index in [4.69, 9.17) is 0 Å². The van der Waals surface area contributed by atoms with Gasteiger partial charge < -0.3 is 15.5 Å². The molecule has 2 N–H and O–H groups in total. The van der Waals surface area contributed by atoms with E-state index in [0.29, 0.717) is 28.8 Å². The van der Waals surface area contributed by atoms with E-state index in [1.165, 1.54) is 11.3 Å². The molecule has 4 aromatic rings. The Morgan fingerprint density at radius 2 is 1.45 bits per heavy atom. The van der Waals surface area contributed by atoms with E-state index in [0.717, 1.165) is 61.2 Å². The second-order valence-corrected chi connectivity index (χ2v) is 13.1. The van der Waals surface area contributed by atoms with E-state index in [9.17, 15) is 27.6 Å². The van der Waals surface area contributed by atoms with Crippen molar-refractivity contribution in [3.05, 3.63) is 117 Å². The average molecular weight is 660 g/mol. The number of nitrogens with zero attached hydrogens (tertiary/aromatic N) is 1. The Bertz CT molecular complexity index is 1700. The Morgan fingerprint density at radius 3 is 2.09 bits per heavy atom. The third-order valence-electron chi connectivity index (χ3n) is 9.25. The molecular weight excluding hydrogens is 623 g/mol. The lowest BCUT2D eigenvalue weighted by atomic mass is 9.73. The molecule has 0 unspecified atom stereocenters. The number of rotatable bonds is 11. The van der Waals surface area contributed by atoms with E-state index in [1.807, 2.05) is 54.6 Å². The number of carbonyl (C=O) groups is 3. The van der Waals surface area contributed by atoms with Crippen molar-refractivity contribution in [3.63, 3.8) is 0 Å². The van der Waals surface area contributed by atoms with Crippen LogP contribution in [0.25, 0.3) is 11.1 Å². The van der Waals surface area contributed by atoms with Crippen LogP contribution in [0.1, 0.15) is 68.8 Å². The summed E-state index contributed by atoms with van der Waals surface area (Å²) in [4.78, 5) is 42.6. The van der Waals surface area contributed by atoms with Crippen molar-refractivity contribution in [1.82, 2.24) is 15.5 Å². The van der Waals surface area contributed by atoms with Crippen molar-refractivity contribution in [2.24, 2.45) is 0 Å². The molecule has 2 amide bonds. The van der Waals surface area contributed by atoms with Gasteiger partial charge in [-0.3, -0.25) is 14.4 Å². The number of piperidine rings is 1. The first-order valence-electron chi connectivity index (χ1n) is 15.9. The van der Waals surface area contributed by atoms with Gasteiger partial charge in [0.2, 0.25) is 5.91 Å². The number of amides is 2. The lowest BCUT2D eigenvalue weighted by Gasteiger charge is -2.33. The largest absolute Gasteiger partial charge is 0.405 e. The van der Waals surface area contributed by atoms with Crippen LogP contribution in [-0.2, 0) is 10.2 Å². The van der Waals surface area contributed by atoms with Gasteiger partial charge in [-0.25, -0.2) is 0 Å². The first-order chi connectivity index (χ1) is 22.7. The second kappa shape index (κ2) is 13.8. The van der Waals surface area contributed by atoms with Gasteiger partial charge in [-0.15, -0.1) is 11.3 Å². The van der Waals surface area contributed by atoms with Gasteiger partial charge in [0, 0.05) is 30.3 Å². The number of carbonyl (C=O) groups excluding carboxylic acids is 3. The first kappa shape index (κ1) is 32.7. The number of likely N-dealkylation sites (tertiary alicyclic amines) is 1. The number of fused-ring (bicyclic) bond motifs is 3. The molecule has 2 heterocycles. The number of hydrogen-bond donors (Lipinski definition) is 2. The maximum atomic E-state index is 13.7. The minimum absolute atomic E-state index is 0.00684. The number of alkyl halides is 3. The molecule has 1 saturated heterocycles. The maximum absolute atomic E-state index is 13.7. The fourth-order valence-corrected chi connectivity index (χ4v) is 7.76. The zero-order valence-electron chi connectivity index (χ0n) is 25.8. The highest BCUT2D eigenvalue weighted by Gasteiger charge is 2.49. The summed E-state index contributed by atoms with van der Waals surface area (Å²) in [5.74, 6) is -1.02. The van der Waals surface area contributed by atoms with Gasteiger partial charge >= 0.3 is 6.18 Å². The van der Waals surface area contributed by atoms with E-state index in [1.54, 1.807) is 35.7 Å². The Morgan fingerprint density at radius 1 is 0.830 bits per heavy atom. The average Bonchev–Trinajstić information content (AvgIpc) is 3.69. The number of nitrogens with one attached hydrogen (secondary N) is 2. The second-order valence-electron chi connectivity index (χ2n) is 12.2. The molecule has 0 spiro atoms. The first-order valence-corrected chi connectivity index (χ1v) is 16.8. The lowest BCUT2D eigenvalue weighted by molar-refractivity contribution is -0.141. The molecule has 3 aromatic carbocycles. The number of ketones is 1. The van der Waals surface area contributed by atoms with Crippen LogP contribution >= 0.6 is 11.3 Å². The number of benzene rings is 3.